The van der Waals surface area contributed by atoms with Crippen LogP contribution in [0.2, 0.25) is 0 Å². The molecule has 18 heavy (non-hydrogen) atoms. The molecule has 9 heteroatoms. The monoisotopic (exact) mass is 315 g/mol. The Morgan fingerprint density at radius 1 is 1.61 bits per heavy atom. The van der Waals surface area contributed by atoms with Crippen molar-refractivity contribution >= 4 is 31.5 Å². The Hall–Kier alpha value is -0.600. The Balaban J connectivity index is 2.15. The zero-order chi connectivity index (χ0) is 13.6. The van der Waals surface area contributed by atoms with Gasteiger partial charge in [-0.25, -0.2) is 8.42 Å². The first-order valence-electron chi connectivity index (χ1n) is 4.84. The van der Waals surface area contributed by atoms with E-state index in [0.717, 1.165) is 17.8 Å². The summed E-state index contributed by atoms with van der Waals surface area (Å²) in [6.45, 7) is 0.700. The maximum atomic E-state index is 13.0. The van der Waals surface area contributed by atoms with Crippen molar-refractivity contribution in [2.24, 2.45) is 0 Å². The molecule has 0 amide bonds. The normalized spacial score (nSPS) is 21.1. The maximum Gasteiger partial charge on any atom is 0.304 e. The van der Waals surface area contributed by atoms with Crippen molar-refractivity contribution in [1.82, 2.24) is 5.16 Å². The Morgan fingerprint density at radius 3 is 2.72 bits per heavy atom. The Morgan fingerprint density at radius 2 is 2.28 bits per heavy atom. The topological polar surface area (TPSA) is 60.2 Å². The number of aromatic nitrogens is 1. The van der Waals surface area contributed by atoms with E-state index in [-0.39, 0.29) is 15.2 Å². The number of halogens is 3. The van der Waals surface area contributed by atoms with Crippen LogP contribution in [-0.2, 0) is 15.0 Å². The van der Waals surface area contributed by atoms with Crippen LogP contribution < -0.4 is 0 Å². The molecule has 1 aromatic heterocycles. The van der Waals surface area contributed by atoms with Crippen molar-refractivity contribution in [3.63, 3.8) is 0 Å². The first-order valence-corrected chi connectivity index (χ1v) is 8.03. The van der Waals surface area contributed by atoms with E-state index in [1.54, 1.807) is 0 Å². The van der Waals surface area contributed by atoms with E-state index in [2.05, 4.69) is 9.68 Å². The number of alkyl halides is 2. The van der Waals surface area contributed by atoms with Gasteiger partial charge in [-0.3, -0.25) is 0 Å². The highest BCUT2D eigenvalue weighted by molar-refractivity contribution is 8.29. The minimum Gasteiger partial charge on any atom is -0.355 e. The third-order valence-electron chi connectivity index (χ3n) is 2.29. The predicted octanol–water partition coefficient (Wildman–Crippen LogP) is 3.37. The molecule has 1 aliphatic heterocycles. The van der Waals surface area contributed by atoms with Crippen molar-refractivity contribution in [3.8, 4) is 0 Å². The molecule has 0 saturated carbocycles. The van der Waals surface area contributed by atoms with E-state index >= 15 is 0 Å². The second kappa shape index (κ2) is 4.50. The summed E-state index contributed by atoms with van der Waals surface area (Å²) in [5.74, 6) is -3.65. The van der Waals surface area contributed by atoms with Crippen molar-refractivity contribution < 1.29 is 21.7 Å². The third-order valence-corrected chi connectivity index (χ3v) is 5.77. The zero-order valence-corrected chi connectivity index (χ0v) is 11.5. The smallest absolute Gasteiger partial charge is 0.304 e. The van der Waals surface area contributed by atoms with Gasteiger partial charge < -0.3 is 4.52 Å². The highest BCUT2D eigenvalue weighted by Crippen LogP contribution is 2.47. The van der Waals surface area contributed by atoms with Gasteiger partial charge in [0.15, 0.2) is 0 Å². The first-order chi connectivity index (χ1) is 8.18. The summed E-state index contributed by atoms with van der Waals surface area (Å²) in [6, 6.07) is 1.13. The van der Waals surface area contributed by atoms with Gasteiger partial charge >= 0.3 is 5.92 Å². The zero-order valence-electron chi connectivity index (χ0n) is 9.06. The maximum absolute atomic E-state index is 13.0. The van der Waals surface area contributed by atoms with E-state index in [4.69, 9.17) is 10.7 Å². The molecule has 0 spiro atoms. The molecule has 0 N–H and O–H groups in total. The Bertz CT molecular complexity index is 591. The number of nitrogens with zero attached hydrogens (tertiary/aromatic N) is 1. The average Bonchev–Trinajstić information content (AvgIpc) is 2.84. The number of allylic oxidation sites excluding steroid dienone is 1. The molecular formula is C9H8ClF2NO3S2. The lowest BCUT2D eigenvalue weighted by atomic mass is 10.2. The summed E-state index contributed by atoms with van der Waals surface area (Å²) in [6.07, 6.45) is 1.79. The van der Waals surface area contributed by atoms with Crippen molar-refractivity contribution in [1.29, 1.82) is 0 Å². The lowest BCUT2D eigenvalue weighted by Gasteiger charge is -2.04. The van der Waals surface area contributed by atoms with Gasteiger partial charge in [-0.15, -0.1) is 11.8 Å². The third kappa shape index (κ3) is 2.86. The Kier molecular flexibility index (Phi) is 3.46. The molecule has 2 rings (SSSR count). The molecule has 0 aliphatic carbocycles. The summed E-state index contributed by atoms with van der Waals surface area (Å²) < 4.78 is 52.6. The van der Waals surface area contributed by atoms with E-state index < -0.39 is 20.7 Å². The predicted molar refractivity (Wildman–Crippen MR) is 63.9 cm³/mol. The summed E-state index contributed by atoms with van der Waals surface area (Å²) in [7, 11) is 1.41. The van der Waals surface area contributed by atoms with Crippen molar-refractivity contribution in [2.75, 3.05) is 0 Å². The molecule has 1 aliphatic rings. The fourth-order valence-corrected chi connectivity index (χ4v) is 3.94. The van der Waals surface area contributed by atoms with Crippen LogP contribution in [0.4, 0.5) is 8.78 Å². The molecule has 1 atom stereocenters. The van der Waals surface area contributed by atoms with Gasteiger partial charge in [-0.1, -0.05) is 11.2 Å². The van der Waals surface area contributed by atoms with E-state index in [1.807, 2.05) is 0 Å². The second-order valence-corrected chi connectivity index (χ2v) is 7.84. The largest absolute Gasteiger partial charge is 0.355 e. The van der Waals surface area contributed by atoms with Crippen molar-refractivity contribution in [3.05, 3.63) is 27.8 Å². The highest BCUT2D eigenvalue weighted by Gasteiger charge is 2.33. The standard InChI is InChI=1S/C9H8ClF2NO3S2/c1-9(11,12)7-4-5(13-16-7)6-2-3-8(17-6)18(10,14)15/h3-4,6H,2H2,1H3. The van der Waals surface area contributed by atoms with E-state index in [1.165, 1.54) is 6.08 Å². The van der Waals surface area contributed by atoms with Crippen LogP contribution in [-0.4, -0.2) is 13.6 Å². The van der Waals surface area contributed by atoms with Crippen LogP contribution >= 0.6 is 22.4 Å². The molecule has 0 aromatic carbocycles. The molecule has 0 bridgehead atoms. The molecule has 100 valence electrons. The van der Waals surface area contributed by atoms with Gasteiger partial charge in [-0.2, -0.15) is 8.78 Å². The van der Waals surface area contributed by atoms with E-state index in [9.17, 15) is 17.2 Å². The summed E-state index contributed by atoms with van der Waals surface area (Å²) in [4.78, 5) is 0. The molecule has 0 fully saturated rings. The molecule has 0 saturated heterocycles. The molecule has 1 aromatic rings. The van der Waals surface area contributed by atoms with Gasteiger partial charge in [0, 0.05) is 23.7 Å². The summed E-state index contributed by atoms with van der Waals surface area (Å²) in [5.41, 5.74) is 0.281. The molecule has 1 unspecified atom stereocenters. The molecule has 2 heterocycles. The highest BCUT2D eigenvalue weighted by atomic mass is 35.7. The average molecular weight is 316 g/mol. The van der Waals surface area contributed by atoms with Crippen molar-refractivity contribution in [2.45, 2.75) is 24.5 Å². The lowest BCUT2D eigenvalue weighted by Crippen LogP contribution is -2.04. The number of thioether (sulfide) groups is 1. The summed E-state index contributed by atoms with van der Waals surface area (Å²) >= 11 is 0.968. The van der Waals surface area contributed by atoms with Crippen LogP contribution in [0.25, 0.3) is 0 Å². The van der Waals surface area contributed by atoms with Gasteiger partial charge in [0.1, 0.15) is 4.24 Å². The minimum atomic E-state index is -3.78. The number of rotatable bonds is 3. The second-order valence-electron chi connectivity index (χ2n) is 3.81. The molecule has 4 nitrogen and oxygen atoms in total. The van der Waals surface area contributed by atoms with Gasteiger partial charge in [-0.05, 0) is 6.42 Å². The molecule has 0 radical (unpaired) electrons. The number of hydrogen-bond donors (Lipinski definition) is 0. The molecular weight excluding hydrogens is 308 g/mol. The van der Waals surface area contributed by atoms with Crippen LogP contribution in [0.15, 0.2) is 20.9 Å². The van der Waals surface area contributed by atoms with E-state index in [0.29, 0.717) is 13.3 Å². The van der Waals surface area contributed by atoms with Crippen LogP contribution in [0.1, 0.15) is 30.0 Å². The first kappa shape index (κ1) is 13.8. The van der Waals surface area contributed by atoms with Gasteiger partial charge in [0.25, 0.3) is 9.05 Å². The fourth-order valence-electron chi connectivity index (χ4n) is 1.43. The SMILES string of the molecule is CC(F)(F)c1cc(C2CC=C(S(=O)(=O)Cl)S2)no1. The van der Waals surface area contributed by atoms with Crippen LogP contribution in [0, 0.1) is 0 Å². The summed E-state index contributed by atoms with van der Waals surface area (Å²) in [5, 5.41) is 3.17. The quantitative estimate of drug-likeness (QED) is 0.800. The van der Waals surface area contributed by atoms with Gasteiger partial charge in [0.2, 0.25) is 5.76 Å². The Labute approximate surface area is 111 Å². The minimum absolute atomic E-state index is 0.0157. The van der Waals surface area contributed by atoms with Crippen LogP contribution in [0.3, 0.4) is 0 Å². The number of hydrogen-bond acceptors (Lipinski definition) is 5. The van der Waals surface area contributed by atoms with Crippen LogP contribution in [0.5, 0.6) is 0 Å². The lowest BCUT2D eigenvalue weighted by molar-refractivity contribution is -0.0105. The fraction of sp³-hybridized carbons (Fsp3) is 0.444. The van der Waals surface area contributed by atoms with Gasteiger partial charge in [0.05, 0.1) is 10.9 Å².